The molecule has 0 aromatic carbocycles. The van der Waals surface area contributed by atoms with Gasteiger partial charge >= 0.3 is 0 Å². The molecule has 0 radical (unpaired) electrons. The summed E-state index contributed by atoms with van der Waals surface area (Å²) >= 11 is 0. The quantitative estimate of drug-likeness (QED) is 0.733. The third kappa shape index (κ3) is 3.16. The maximum atomic E-state index is 5.67. The van der Waals surface area contributed by atoms with Crippen molar-refractivity contribution in [3.05, 3.63) is 0 Å². The standard InChI is InChI=1S/C12H25N3/c1-14(11-5-6-11)10-12-4-2-3-8-15(12)9-7-13/h11-12H,2-10,13H2,1H3/t12-/m1/s1. The minimum absolute atomic E-state index is 0.771. The molecule has 0 aromatic heterocycles. The molecule has 3 heteroatoms. The molecule has 0 unspecified atom stereocenters. The molecule has 2 N–H and O–H groups in total. The fourth-order valence-electron chi connectivity index (χ4n) is 2.72. The van der Waals surface area contributed by atoms with E-state index in [1.54, 1.807) is 0 Å². The van der Waals surface area contributed by atoms with Crippen LogP contribution >= 0.6 is 0 Å². The highest BCUT2D eigenvalue weighted by molar-refractivity contribution is 4.87. The third-order valence-corrected chi connectivity index (χ3v) is 3.83. The number of rotatable bonds is 5. The molecule has 0 bridgehead atoms. The molecule has 1 aliphatic carbocycles. The number of piperidine rings is 1. The first kappa shape index (κ1) is 11.4. The molecular weight excluding hydrogens is 186 g/mol. The first-order chi connectivity index (χ1) is 7.31. The van der Waals surface area contributed by atoms with E-state index in [9.17, 15) is 0 Å². The van der Waals surface area contributed by atoms with Crippen LogP contribution in [0.5, 0.6) is 0 Å². The molecular formula is C12H25N3. The summed E-state index contributed by atoms with van der Waals surface area (Å²) in [5, 5.41) is 0. The largest absolute Gasteiger partial charge is 0.329 e. The van der Waals surface area contributed by atoms with E-state index < -0.39 is 0 Å². The van der Waals surface area contributed by atoms with Gasteiger partial charge in [0.25, 0.3) is 0 Å². The van der Waals surface area contributed by atoms with E-state index in [1.165, 1.54) is 45.2 Å². The molecule has 0 aromatic rings. The topological polar surface area (TPSA) is 32.5 Å². The van der Waals surface area contributed by atoms with Crippen LogP contribution in [0.25, 0.3) is 0 Å². The summed E-state index contributed by atoms with van der Waals surface area (Å²) in [6, 6.07) is 1.67. The van der Waals surface area contributed by atoms with Gasteiger partial charge in [-0.05, 0) is 39.3 Å². The van der Waals surface area contributed by atoms with Crippen molar-refractivity contribution in [1.82, 2.24) is 9.80 Å². The van der Waals surface area contributed by atoms with Gasteiger partial charge in [0.05, 0.1) is 0 Å². The van der Waals surface area contributed by atoms with Crippen molar-refractivity contribution in [3.8, 4) is 0 Å². The third-order valence-electron chi connectivity index (χ3n) is 3.83. The van der Waals surface area contributed by atoms with Crippen LogP contribution in [0.3, 0.4) is 0 Å². The summed E-state index contributed by atoms with van der Waals surface area (Å²) in [4.78, 5) is 5.15. The maximum absolute atomic E-state index is 5.67. The fraction of sp³-hybridized carbons (Fsp3) is 1.00. The molecule has 1 heterocycles. The maximum Gasteiger partial charge on any atom is 0.0223 e. The Balaban J connectivity index is 1.80. The van der Waals surface area contributed by atoms with Gasteiger partial charge in [-0.25, -0.2) is 0 Å². The normalized spacial score (nSPS) is 28.6. The van der Waals surface area contributed by atoms with Crippen LogP contribution < -0.4 is 5.73 Å². The highest BCUT2D eigenvalue weighted by atomic mass is 15.2. The molecule has 88 valence electrons. The van der Waals surface area contributed by atoms with E-state index in [0.29, 0.717) is 0 Å². The second-order valence-electron chi connectivity index (χ2n) is 5.14. The van der Waals surface area contributed by atoms with Crippen LogP contribution in [0.4, 0.5) is 0 Å². The molecule has 1 aliphatic heterocycles. The Morgan fingerprint density at radius 2 is 2.07 bits per heavy atom. The van der Waals surface area contributed by atoms with E-state index >= 15 is 0 Å². The van der Waals surface area contributed by atoms with E-state index in [4.69, 9.17) is 5.73 Å². The van der Waals surface area contributed by atoms with Gasteiger partial charge in [0, 0.05) is 31.7 Å². The van der Waals surface area contributed by atoms with Gasteiger partial charge in [-0.1, -0.05) is 6.42 Å². The van der Waals surface area contributed by atoms with E-state index in [1.807, 2.05) is 0 Å². The van der Waals surface area contributed by atoms with Crippen LogP contribution in [-0.2, 0) is 0 Å². The average molecular weight is 211 g/mol. The van der Waals surface area contributed by atoms with E-state index in [0.717, 1.165) is 25.2 Å². The van der Waals surface area contributed by atoms with Crippen molar-refractivity contribution in [2.24, 2.45) is 5.73 Å². The Bertz CT molecular complexity index is 189. The van der Waals surface area contributed by atoms with Gasteiger partial charge in [-0.3, -0.25) is 4.90 Å². The molecule has 1 saturated heterocycles. The van der Waals surface area contributed by atoms with Crippen LogP contribution in [0.2, 0.25) is 0 Å². The summed E-state index contributed by atoms with van der Waals surface area (Å²) < 4.78 is 0. The predicted molar refractivity (Wildman–Crippen MR) is 63.9 cm³/mol. The first-order valence-electron chi connectivity index (χ1n) is 6.45. The zero-order valence-electron chi connectivity index (χ0n) is 9.99. The molecule has 3 nitrogen and oxygen atoms in total. The molecule has 1 saturated carbocycles. The van der Waals surface area contributed by atoms with Crippen molar-refractivity contribution in [2.45, 2.75) is 44.2 Å². The number of likely N-dealkylation sites (N-methyl/N-ethyl adjacent to an activating group) is 1. The zero-order chi connectivity index (χ0) is 10.7. The van der Waals surface area contributed by atoms with Crippen LogP contribution in [0, 0.1) is 0 Å². The first-order valence-corrected chi connectivity index (χ1v) is 6.45. The summed E-state index contributed by atoms with van der Waals surface area (Å²) in [6.07, 6.45) is 6.98. The number of nitrogens with zero attached hydrogens (tertiary/aromatic N) is 2. The average Bonchev–Trinajstić information content (AvgIpc) is 3.04. The lowest BCUT2D eigenvalue weighted by atomic mass is 10.0. The summed E-state index contributed by atoms with van der Waals surface area (Å²) in [6.45, 7) is 4.41. The summed E-state index contributed by atoms with van der Waals surface area (Å²) in [5.41, 5.74) is 5.67. The van der Waals surface area contributed by atoms with Crippen molar-refractivity contribution >= 4 is 0 Å². The predicted octanol–water partition coefficient (Wildman–Crippen LogP) is 0.894. The van der Waals surface area contributed by atoms with Crippen LogP contribution in [0.1, 0.15) is 32.1 Å². The second-order valence-corrected chi connectivity index (χ2v) is 5.14. The Labute approximate surface area is 93.6 Å². The molecule has 0 amide bonds. The molecule has 15 heavy (non-hydrogen) atoms. The Kier molecular flexibility index (Phi) is 4.00. The Morgan fingerprint density at radius 3 is 2.73 bits per heavy atom. The molecule has 0 spiro atoms. The summed E-state index contributed by atoms with van der Waals surface area (Å²) in [7, 11) is 2.28. The van der Waals surface area contributed by atoms with Gasteiger partial charge in [-0.2, -0.15) is 0 Å². The number of hydrogen-bond acceptors (Lipinski definition) is 3. The van der Waals surface area contributed by atoms with Gasteiger partial charge in [0.15, 0.2) is 0 Å². The van der Waals surface area contributed by atoms with Crippen molar-refractivity contribution < 1.29 is 0 Å². The van der Waals surface area contributed by atoms with Crippen LogP contribution in [-0.4, -0.2) is 55.1 Å². The molecule has 2 rings (SSSR count). The lowest BCUT2D eigenvalue weighted by molar-refractivity contribution is 0.114. The Morgan fingerprint density at radius 1 is 1.27 bits per heavy atom. The van der Waals surface area contributed by atoms with Gasteiger partial charge in [-0.15, -0.1) is 0 Å². The van der Waals surface area contributed by atoms with Gasteiger partial charge in [0.2, 0.25) is 0 Å². The molecule has 2 aliphatic rings. The minimum atomic E-state index is 0.771. The van der Waals surface area contributed by atoms with Crippen molar-refractivity contribution in [3.63, 3.8) is 0 Å². The monoisotopic (exact) mass is 211 g/mol. The number of likely N-dealkylation sites (tertiary alicyclic amines) is 1. The minimum Gasteiger partial charge on any atom is -0.329 e. The Hall–Kier alpha value is -0.120. The molecule has 1 atom stereocenters. The number of hydrogen-bond donors (Lipinski definition) is 1. The van der Waals surface area contributed by atoms with Gasteiger partial charge in [0.1, 0.15) is 0 Å². The fourth-order valence-corrected chi connectivity index (χ4v) is 2.72. The highest BCUT2D eigenvalue weighted by Crippen LogP contribution is 2.27. The summed E-state index contributed by atoms with van der Waals surface area (Å²) in [5.74, 6) is 0. The van der Waals surface area contributed by atoms with Crippen LogP contribution in [0.15, 0.2) is 0 Å². The van der Waals surface area contributed by atoms with Crippen molar-refractivity contribution in [1.29, 1.82) is 0 Å². The van der Waals surface area contributed by atoms with E-state index in [-0.39, 0.29) is 0 Å². The van der Waals surface area contributed by atoms with E-state index in [2.05, 4.69) is 16.8 Å². The van der Waals surface area contributed by atoms with Gasteiger partial charge < -0.3 is 10.6 Å². The lowest BCUT2D eigenvalue weighted by Crippen LogP contribution is -2.48. The SMILES string of the molecule is CN(C[C@H]1CCCCN1CCN)C1CC1. The zero-order valence-corrected chi connectivity index (χ0v) is 9.99. The number of nitrogens with two attached hydrogens (primary N) is 1. The smallest absolute Gasteiger partial charge is 0.0223 e. The highest BCUT2D eigenvalue weighted by Gasteiger charge is 2.30. The van der Waals surface area contributed by atoms with Crippen molar-refractivity contribution in [2.75, 3.05) is 33.2 Å². The molecule has 2 fully saturated rings. The second kappa shape index (κ2) is 5.28. The lowest BCUT2D eigenvalue weighted by Gasteiger charge is -2.37.